The van der Waals surface area contributed by atoms with E-state index in [0.29, 0.717) is 17.7 Å². The number of carbonyl (C=O) groups is 3. The molecule has 0 bridgehead atoms. The summed E-state index contributed by atoms with van der Waals surface area (Å²) in [6.45, 7) is -0.148. The Balaban J connectivity index is 1.54. The van der Waals surface area contributed by atoms with Gasteiger partial charge in [-0.05, 0) is 30.9 Å². The van der Waals surface area contributed by atoms with Gasteiger partial charge in [0.2, 0.25) is 11.8 Å². The number of amides is 2. The van der Waals surface area contributed by atoms with Crippen LogP contribution in [-0.2, 0) is 9.59 Å². The number of nitrogens with one attached hydrogen (secondary N) is 1. The minimum absolute atomic E-state index is 0.0488. The van der Waals surface area contributed by atoms with Crippen molar-refractivity contribution in [2.24, 2.45) is 23.5 Å². The van der Waals surface area contributed by atoms with Crippen molar-refractivity contribution in [2.75, 3.05) is 6.54 Å². The van der Waals surface area contributed by atoms with E-state index in [1.165, 1.54) is 0 Å². The Labute approximate surface area is 133 Å². The topological polar surface area (TPSA) is 98.5 Å². The molecule has 1 spiro atoms. The van der Waals surface area contributed by atoms with Crippen LogP contribution in [0.4, 0.5) is 0 Å². The van der Waals surface area contributed by atoms with Crippen LogP contribution in [0.5, 0.6) is 5.75 Å². The SMILES string of the molecule is NC(=O)CNC(=O)[C@@H]1[C@H]2CC[C@@]3(CC(=O)c4ccccc4O3)[C@H]21. The normalized spacial score (nSPS) is 33.6. The minimum Gasteiger partial charge on any atom is -0.486 e. The van der Waals surface area contributed by atoms with E-state index < -0.39 is 11.5 Å². The quantitative estimate of drug-likeness (QED) is 0.855. The highest BCUT2D eigenvalue weighted by molar-refractivity contribution is 6.00. The van der Waals surface area contributed by atoms with Gasteiger partial charge < -0.3 is 15.8 Å². The molecule has 1 aliphatic heterocycles. The predicted octanol–water partition coefficient (Wildman–Crippen LogP) is 0.648. The third-order valence-electron chi connectivity index (χ3n) is 5.38. The first-order valence-electron chi connectivity index (χ1n) is 7.89. The average Bonchev–Trinajstić information content (AvgIpc) is 3.17. The van der Waals surface area contributed by atoms with E-state index in [1.54, 1.807) is 6.07 Å². The number of primary amides is 1. The molecule has 1 aromatic rings. The molecule has 4 rings (SSSR count). The molecular weight excluding hydrogens is 296 g/mol. The fourth-order valence-corrected chi connectivity index (χ4v) is 4.41. The van der Waals surface area contributed by atoms with Crippen LogP contribution in [0.2, 0.25) is 0 Å². The molecule has 3 aliphatic rings. The molecule has 2 saturated carbocycles. The summed E-state index contributed by atoms with van der Waals surface area (Å²) in [5, 5.41) is 2.57. The molecule has 3 N–H and O–H groups in total. The van der Waals surface area contributed by atoms with Gasteiger partial charge in [-0.15, -0.1) is 0 Å². The van der Waals surface area contributed by atoms with E-state index >= 15 is 0 Å². The van der Waals surface area contributed by atoms with Crippen molar-refractivity contribution < 1.29 is 19.1 Å². The summed E-state index contributed by atoms with van der Waals surface area (Å²) < 4.78 is 6.22. The van der Waals surface area contributed by atoms with Gasteiger partial charge in [-0.3, -0.25) is 14.4 Å². The molecule has 1 aromatic carbocycles. The van der Waals surface area contributed by atoms with Crippen LogP contribution >= 0.6 is 0 Å². The van der Waals surface area contributed by atoms with Gasteiger partial charge in [0.15, 0.2) is 5.78 Å². The van der Waals surface area contributed by atoms with E-state index in [9.17, 15) is 14.4 Å². The second-order valence-electron chi connectivity index (χ2n) is 6.70. The lowest BCUT2D eigenvalue weighted by atomic mass is 9.84. The van der Waals surface area contributed by atoms with Crippen LogP contribution in [-0.4, -0.2) is 29.7 Å². The standard InChI is InChI=1S/C17H18N2O4/c18-13(21)8-19-16(22)14-10-5-6-17(15(10)14)7-11(20)9-3-1-2-4-12(9)23-17/h1-4,10,14-15H,5-8H2,(H2,18,21)(H,19,22)/t10-,14-,15-,17-/m1/s1. The van der Waals surface area contributed by atoms with Crippen molar-refractivity contribution in [1.82, 2.24) is 5.32 Å². The Kier molecular flexibility index (Phi) is 2.98. The molecule has 0 unspecified atom stereocenters. The third-order valence-corrected chi connectivity index (χ3v) is 5.38. The van der Waals surface area contributed by atoms with Gasteiger partial charge in [0.1, 0.15) is 11.4 Å². The average molecular weight is 314 g/mol. The third kappa shape index (κ3) is 2.12. The van der Waals surface area contributed by atoms with Crippen molar-refractivity contribution in [3.8, 4) is 5.75 Å². The monoisotopic (exact) mass is 314 g/mol. The summed E-state index contributed by atoms with van der Waals surface area (Å²) in [6, 6.07) is 7.27. The van der Waals surface area contributed by atoms with Crippen LogP contribution in [0.1, 0.15) is 29.6 Å². The fraction of sp³-hybridized carbons (Fsp3) is 0.471. The first kappa shape index (κ1) is 14.2. The number of ketones is 1. The zero-order chi connectivity index (χ0) is 16.2. The smallest absolute Gasteiger partial charge is 0.236 e. The first-order chi connectivity index (χ1) is 11.0. The summed E-state index contributed by atoms with van der Waals surface area (Å²) in [4.78, 5) is 35.5. The summed E-state index contributed by atoms with van der Waals surface area (Å²) in [7, 11) is 0. The Hall–Kier alpha value is -2.37. The number of ether oxygens (including phenoxy) is 1. The maximum absolute atomic E-state index is 12.5. The summed E-state index contributed by atoms with van der Waals surface area (Å²) >= 11 is 0. The number of rotatable bonds is 3. The van der Waals surface area contributed by atoms with Gasteiger partial charge in [0, 0.05) is 11.8 Å². The Morgan fingerprint density at radius 2 is 2.13 bits per heavy atom. The number of benzene rings is 1. The molecular formula is C17H18N2O4. The van der Waals surface area contributed by atoms with E-state index in [-0.39, 0.29) is 36.0 Å². The molecule has 23 heavy (non-hydrogen) atoms. The molecule has 1 heterocycles. The van der Waals surface area contributed by atoms with Crippen molar-refractivity contribution >= 4 is 17.6 Å². The van der Waals surface area contributed by atoms with Crippen molar-refractivity contribution in [3.63, 3.8) is 0 Å². The predicted molar refractivity (Wildman–Crippen MR) is 80.7 cm³/mol. The number of Topliss-reactive ketones (excluding diaryl/α,β-unsaturated/α-hetero) is 1. The molecule has 120 valence electrons. The fourth-order valence-electron chi connectivity index (χ4n) is 4.41. The lowest BCUT2D eigenvalue weighted by Crippen LogP contribution is -2.45. The van der Waals surface area contributed by atoms with E-state index in [2.05, 4.69) is 5.32 Å². The van der Waals surface area contributed by atoms with Crippen LogP contribution < -0.4 is 15.8 Å². The maximum atomic E-state index is 12.5. The second kappa shape index (κ2) is 4.81. The highest BCUT2D eigenvalue weighted by Gasteiger charge is 2.70. The summed E-state index contributed by atoms with van der Waals surface area (Å²) in [5.41, 5.74) is 5.12. The highest BCUT2D eigenvalue weighted by atomic mass is 16.5. The molecule has 0 radical (unpaired) electrons. The van der Waals surface area contributed by atoms with Crippen molar-refractivity contribution in [2.45, 2.75) is 24.9 Å². The maximum Gasteiger partial charge on any atom is 0.236 e. The van der Waals surface area contributed by atoms with Gasteiger partial charge in [-0.25, -0.2) is 0 Å². The lowest BCUT2D eigenvalue weighted by molar-refractivity contribution is -0.127. The van der Waals surface area contributed by atoms with E-state index in [0.717, 1.165) is 12.8 Å². The number of para-hydroxylation sites is 1. The lowest BCUT2D eigenvalue weighted by Gasteiger charge is -2.37. The number of hydrogen-bond donors (Lipinski definition) is 2. The molecule has 2 amide bonds. The zero-order valence-corrected chi connectivity index (χ0v) is 12.6. The van der Waals surface area contributed by atoms with Gasteiger partial charge in [-0.2, -0.15) is 0 Å². The Bertz CT molecular complexity index is 716. The van der Waals surface area contributed by atoms with E-state index in [1.807, 2.05) is 18.2 Å². The second-order valence-corrected chi connectivity index (χ2v) is 6.70. The molecule has 2 fully saturated rings. The Morgan fingerprint density at radius 1 is 1.35 bits per heavy atom. The largest absolute Gasteiger partial charge is 0.486 e. The molecule has 0 aromatic heterocycles. The molecule has 0 saturated heterocycles. The molecule has 6 heteroatoms. The first-order valence-corrected chi connectivity index (χ1v) is 7.89. The van der Waals surface area contributed by atoms with Gasteiger partial charge >= 0.3 is 0 Å². The summed E-state index contributed by atoms with van der Waals surface area (Å²) in [6.07, 6.45) is 1.99. The number of nitrogens with two attached hydrogens (primary N) is 1. The van der Waals surface area contributed by atoms with Gasteiger partial charge in [-0.1, -0.05) is 12.1 Å². The number of hydrogen-bond acceptors (Lipinski definition) is 4. The Morgan fingerprint density at radius 3 is 2.91 bits per heavy atom. The molecule has 4 atom stereocenters. The molecule has 2 aliphatic carbocycles. The minimum atomic E-state index is -0.565. The summed E-state index contributed by atoms with van der Waals surface area (Å²) in [5.74, 6) is 0.0859. The molecule has 6 nitrogen and oxygen atoms in total. The van der Waals surface area contributed by atoms with Crippen LogP contribution in [0.25, 0.3) is 0 Å². The van der Waals surface area contributed by atoms with Gasteiger partial charge in [0.25, 0.3) is 0 Å². The van der Waals surface area contributed by atoms with Crippen molar-refractivity contribution in [3.05, 3.63) is 29.8 Å². The number of fused-ring (bicyclic) bond motifs is 3. The van der Waals surface area contributed by atoms with Gasteiger partial charge in [0.05, 0.1) is 18.5 Å². The van der Waals surface area contributed by atoms with Crippen LogP contribution in [0.15, 0.2) is 24.3 Å². The van der Waals surface area contributed by atoms with Crippen LogP contribution in [0, 0.1) is 17.8 Å². The van der Waals surface area contributed by atoms with E-state index in [4.69, 9.17) is 10.5 Å². The van der Waals surface area contributed by atoms with Crippen molar-refractivity contribution in [1.29, 1.82) is 0 Å². The van der Waals surface area contributed by atoms with Crippen LogP contribution in [0.3, 0.4) is 0 Å². The highest BCUT2D eigenvalue weighted by Crippen LogP contribution is 2.65. The zero-order valence-electron chi connectivity index (χ0n) is 12.6. The number of carbonyl (C=O) groups excluding carboxylic acids is 3.